The molecule has 8 heteroatoms. The summed E-state index contributed by atoms with van der Waals surface area (Å²) in [7, 11) is 0. The summed E-state index contributed by atoms with van der Waals surface area (Å²) in [5.41, 5.74) is 10.9. The van der Waals surface area contributed by atoms with Crippen molar-refractivity contribution in [2.45, 2.75) is 45.2 Å². The van der Waals surface area contributed by atoms with Crippen molar-refractivity contribution in [3.8, 4) is 0 Å². The van der Waals surface area contributed by atoms with Gasteiger partial charge in [0.25, 0.3) is 0 Å². The zero-order chi connectivity index (χ0) is 21.1. The molecule has 3 aromatic rings. The lowest BCUT2D eigenvalue weighted by molar-refractivity contribution is -0.145. The zero-order valence-corrected chi connectivity index (χ0v) is 19.6. The van der Waals surface area contributed by atoms with E-state index in [0.29, 0.717) is 29.9 Å². The summed E-state index contributed by atoms with van der Waals surface area (Å²) < 4.78 is 11.3. The van der Waals surface area contributed by atoms with E-state index in [0.717, 1.165) is 31.3 Å². The Balaban J connectivity index is 0.00000181. The van der Waals surface area contributed by atoms with Gasteiger partial charge >= 0.3 is 5.97 Å². The number of carbonyl (C=O) groups excluding carboxylic acids is 1. The van der Waals surface area contributed by atoms with Crippen molar-refractivity contribution in [2.75, 3.05) is 6.61 Å². The van der Waals surface area contributed by atoms with Crippen LogP contribution in [0.25, 0.3) is 11.0 Å². The quantitative estimate of drug-likeness (QED) is 0.245. The van der Waals surface area contributed by atoms with Gasteiger partial charge in [0.2, 0.25) is 0 Å². The molecule has 0 radical (unpaired) electrons. The molecule has 4 N–H and O–H groups in total. The van der Waals surface area contributed by atoms with Gasteiger partial charge in [-0.25, -0.2) is 0 Å². The highest BCUT2D eigenvalue weighted by atomic mass is 35.5. The van der Waals surface area contributed by atoms with E-state index in [2.05, 4.69) is 23.5 Å². The number of fused-ring (bicyclic) bond motifs is 2. The highest BCUT2D eigenvalue weighted by molar-refractivity contribution is 5.98. The van der Waals surface area contributed by atoms with Gasteiger partial charge < -0.3 is 20.2 Å². The third-order valence-electron chi connectivity index (χ3n) is 5.62. The lowest BCUT2D eigenvalue weighted by Crippen LogP contribution is -2.16. The largest absolute Gasteiger partial charge is 0.465 e. The number of nitrogen functional groups attached to an aromatic ring is 1. The van der Waals surface area contributed by atoms with E-state index < -0.39 is 5.92 Å². The maximum absolute atomic E-state index is 12.6. The smallest absolute Gasteiger partial charge is 0.316 e. The Kier molecular flexibility index (Phi) is 9.13. The molecule has 1 aliphatic heterocycles. The summed E-state index contributed by atoms with van der Waals surface area (Å²) in [6.07, 6.45) is 2.40. The van der Waals surface area contributed by atoms with Crippen LogP contribution < -0.4 is 11.1 Å². The second-order valence-corrected chi connectivity index (χ2v) is 7.72. The molecule has 0 amide bonds. The van der Waals surface area contributed by atoms with E-state index in [1.54, 1.807) is 12.1 Å². The molecule has 0 saturated heterocycles. The van der Waals surface area contributed by atoms with Crippen LogP contribution in [0.15, 0.2) is 46.9 Å². The minimum atomic E-state index is -0.450. The fourth-order valence-corrected chi connectivity index (χ4v) is 4.04. The first-order valence-corrected chi connectivity index (χ1v) is 10.4. The van der Waals surface area contributed by atoms with Gasteiger partial charge in [0.15, 0.2) is 0 Å². The minimum absolute atomic E-state index is 0. The average molecular weight is 478 g/mol. The average Bonchev–Trinajstić information content (AvgIpc) is 3.36. The van der Waals surface area contributed by atoms with Crippen LogP contribution in [-0.4, -0.2) is 18.4 Å². The number of nitrogens with two attached hydrogens (primary N) is 1. The first-order chi connectivity index (χ1) is 14.5. The van der Waals surface area contributed by atoms with Crippen molar-refractivity contribution in [2.24, 2.45) is 5.73 Å². The molecule has 1 atom stereocenters. The number of carbonyl (C=O) groups is 1. The molecule has 1 unspecified atom stereocenters. The van der Waals surface area contributed by atoms with Crippen LogP contribution in [0.5, 0.6) is 0 Å². The number of rotatable bonds is 8. The van der Waals surface area contributed by atoms with E-state index in [1.165, 1.54) is 16.7 Å². The molecule has 0 fully saturated rings. The predicted molar refractivity (Wildman–Crippen MR) is 131 cm³/mol. The minimum Gasteiger partial charge on any atom is -0.465 e. The molecule has 1 aliphatic rings. The van der Waals surface area contributed by atoms with E-state index in [1.807, 2.05) is 19.1 Å². The number of halogens is 2. The third-order valence-corrected chi connectivity index (χ3v) is 5.62. The summed E-state index contributed by atoms with van der Waals surface area (Å²) in [6, 6.07) is 13.8. The third kappa shape index (κ3) is 5.63. The molecule has 0 saturated carbocycles. The summed E-state index contributed by atoms with van der Waals surface area (Å²) in [5, 5.41) is 11.8. The Morgan fingerprint density at radius 2 is 1.94 bits per heavy atom. The van der Waals surface area contributed by atoms with E-state index in [-0.39, 0.29) is 36.6 Å². The van der Waals surface area contributed by atoms with Crippen LogP contribution in [0.4, 0.5) is 0 Å². The molecule has 2 heterocycles. The normalized spacial score (nSPS) is 13.0. The molecule has 0 spiro atoms. The van der Waals surface area contributed by atoms with Crippen LogP contribution >= 0.6 is 24.8 Å². The van der Waals surface area contributed by atoms with Gasteiger partial charge in [0.1, 0.15) is 23.1 Å². The molecule has 4 rings (SSSR count). The topological polar surface area (TPSA) is 101 Å². The predicted octanol–water partition coefficient (Wildman–Crippen LogP) is 4.83. The van der Waals surface area contributed by atoms with Crippen molar-refractivity contribution in [3.63, 3.8) is 0 Å². The molecular weight excluding hydrogens is 449 g/mol. The summed E-state index contributed by atoms with van der Waals surface area (Å²) in [5.74, 6) is -0.107. The summed E-state index contributed by atoms with van der Waals surface area (Å²) in [4.78, 5) is 12.6. The Morgan fingerprint density at radius 1 is 1.16 bits per heavy atom. The van der Waals surface area contributed by atoms with Gasteiger partial charge in [-0.1, -0.05) is 18.2 Å². The molecule has 0 aliphatic carbocycles. The Morgan fingerprint density at radius 3 is 2.69 bits per heavy atom. The molecule has 2 aromatic carbocycles. The van der Waals surface area contributed by atoms with Crippen LogP contribution in [0.3, 0.4) is 0 Å². The molecule has 32 heavy (non-hydrogen) atoms. The van der Waals surface area contributed by atoms with Gasteiger partial charge in [-0.15, -0.1) is 24.8 Å². The van der Waals surface area contributed by atoms with Gasteiger partial charge in [-0.05, 0) is 67.1 Å². The van der Waals surface area contributed by atoms with E-state index in [9.17, 15) is 4.79 Å². The van der Waals surface area contributed by atoms with Gasteiger partial charge in [0.05, 0.1) is 6.61 Å². The van der Waals surface area contributed by atoms with Gasteiger partial charge in [0, 0.05) is 24.0 Å². The second kappa shape index (κ2) is 11.4. The van der Waals surface area contributed by atoms with Crippen molar-refractivity contribution in [3.05, 3.63) is 70.5 Å². The maximum Gasteiger partial charge on any atom is 0.316 e. The van der Waals surface area contributed by atoms with Crippen molar-refractivity contribution in [1.29, 1.82) is 5.41 Å². The van der Waals surface area contributed by atoms with Crippen molar-refractivity contribution >= 4 is 47.6 Å². The number of hydrogen-bond donors (Lipinski definition) is 3. The molecule has 6 nitrogen and oxygen atoms in total. The number of benzene rings is 2. The van der Waals surface area contributed by atoms with E-state index in [4.69, 9.17) is 20.3 Å². The maximum atomic E-state index is 12.6. The van der Waals surface area contributed by atoms with Crippen molar-refractivity contribution in [1.82, 2.24) is 5.32 Å². The number of aryl methyl sites for hydroxylation is 1. The van der Waals surface area contributed by atoms with Crippen LogP contribution in [0.2, 0.25) is 0 Å². The molecule has 0 bridgehead atoms. The highest BCUT2D eigenvalue weighted by Gasteiger charge is 2.25. The van der Waals surface area contributed by atoms with Crippen LogP contribution in [0, 0.1) is 5.41 Å². The molecule has 172 valence electrons. The lowest BCUT2D eigenvalue weighted by atomic mass is 9.96. The number of hydrogen-bond acceptors (Lipinski definition) is 5. The standard InChI is InChI=1S/C24H27N3O3.2ClH/c1-2-29-24(28)20(5-3-4-15-6-7-17-13-27-14-19(17)10-15)22-12-18-11-16(23(25)26)8-9-21(18)30-22;;/h6-12,20,27H,2-5,13-14H2,1H3,(H3,25,26);2*1H. The Hall–Kier alpha value is -2.54. The fraction of sp³-hybridized carbons (Fsp3) is 0.333. The Bertz CT molecular complexity index is 1100. The highest BCUT2D eigenvalue weighted by Crippen LogP contribution is 2.30. The summed E-state index contributed by atoms with van der Waals surface area (Å²) >= 11 is 0. The molecular formula is C24H29Cl2N3O3. The number of amidine groups is 1. The van der Waals surface area contributed by atoms with Gasteiger partial charge in [-0.2, -0.15) is 0 Å². The number of nitrogens with one attached hydrogen (secondary N) is 2. The van der Waals surface area contributed by atoms with Crippen LogP contribution in [-0.2, 0) is 29.0 Å². The number of esters is 1. The van der Waals surface area contributed by atoms with Crippen molar-refractivity contribution < 1.29 is 13.9 Å². The number of furan rings is 1. The second-order valence-electron chi connectivity index (χ2n) is 7.72. The Labute approximate surface area is 200 Å². The summed E-state index contributed by atoms with van der Waals surface area (Å²) in [6.45, 7) is 4.01. The van der Waals surface area contributed by atoms with Crippen LogP contribution in [0.1, 0.15) is 53.7 Å². The zero-order valence-electron chi connectivity index (χ0n) is 18.0. The first-order valence-electron chi connectivity index (χ1n) is 10.4. The lowest BCUT2D eigenvalue weighted by Gasteiger charge is -2.13. The fourth-order valence-electron chi connectivity index (χ4n) is 4.04. The first kappa shape index (κ1) is 25.7. The van der Waals surface area contributed by atoms with E-state index >= 15 is 0 Å². The monoisotopic (exact) mass is 477 g/mol. The number of ether oxygens (including phenoxy) is 1. The SMILES string of the molecule is CCOC(=O)C(CCCc1ccc2c(c1)CNC2)c1cc2cc(C(=N)N)ccc2o1.Cl.Cl. The van der Waals surface area contributed by atoms with Gasteiger partial charge in [-0.3, -0.25) is 10.2 Å². The molecule has 1 aromatic heterocycles.